The highest BCUT2D eigenvalue weighted by atomic mass is 16.6. The van der Waals surface area contributed by atoms with E-state index < -0.39 is 0 Å². The molecule has 0 amide bonds. The standard InChI is InChI=1S/C15H21NO3/c1-11-9-13(16(2)3)14(10-18-11)19-15(17)12-7-5-4-6-8-12/h4-8,11,13-14H,9-10H2,1-3H3. The first-order valence-electron chi connectivity index (χ1n) is 6.62. The second-order valence-corrected chi connectivity index (χ2v) is 5.22. The van der Waals surface area contributed by atoms with Crippen LogP contribution in [0.4, 0.5) is 0 Å². The summed E-state index contributed by atoms with van der Waals surface area (Å²) in [7, 11) is 4.01. The van der Waals surface area contributed by atoms with Crippen molar-refractivity contribution in [2.75, 3.05) is 20.7 Å². The number of esters is 1. The van der Waals surface area contributed by atoms with Crippen LogP contribution in [0.15, 0.2) is 30.3 Å². The summed E-state index contributed by atoms with van der Waals surface area (Å²) in [5.74, 6) is -0.282. The third kappa shape index (κ3) is 3.55. The first-order valence-corrected chi connectivity index (χ1v) is 6.62. The zero-order valence-corrected chi connectivity index (χ0v) is 11.7. The fraction of sp³-hybridized carbons (Fsp3) is 0.533. The molecule has 4 heteroatoms. The number of rotatable bonds is 3. The third-order valence-corrected chi connectivity index (χ3v) is 3.48. The minimum Gasteiger partial charge on any atom is -0.455 e. The molecule has 1 heterocycles. The maximum Gasteiger partial charge on any atom is 0.338 e. The van der Waals surface area contributed by atoms with Crippen molar-refractivity contribution in [3.63, 3.8) is 0 Å². The van der Waals surface area contributed by atoms with E-state index in [9.17, 15) is 4.79 Å². The molecule has 0 saturated carbocycles. The molecule has 1 fully saturated rings. The molecule has 1 aromatic carbocycles. The predicted molar refractivity (Wildman–Crippen MR) is 73.2 cm³/mol. The molecule has 0 aromatic heterocycles. The molecule has 19 heavy (non-hydrogen) atoms. The summed E-state index contributed by atoms with van der Waals surface area (Å²) < 4.78 is 11.2. The fourth-order valence-electron chi connectivity index (χ4n) is 2.37. The molecule has 1 saturated heterocycles. The summed E-state index contributed by atoms with van der Waals surface area (Å²) in [6.07, 6.45) is 0.873. The zero-order valence-electron chi connectivity index (χ0n) is 11.7. The Balaban J connectivity index is 2.03. The molecule has 0 bridgehead atoms. The molecule has 4 nitrogen and oxygen atoms in total. The molecule has 1 aliphatic heterocycles. The SMILES string of the molecule is CC1CC(N(C)C)C(OC(=O)c2ccccc2)CO1. The Kier molecular flexibility index (Phi) is 4.56. The number of benzene rings is 1. The molecular weight excluding hydrogens is 242 g/mol. The summed E-state index contributed by atoms with van der Waals surface area (Å²) in [5, 5.41) is 0. The van der Waals surface area contributed by atoms with Gasteiger partial charge in [-0.3, -0.25) is 0 Å². The van der Waals surface area contributed by atoms with E-state index >= 15 is 0 Å². The molecule has 3 atom stereocenters. The van der Waals surface area contributed by atoms with E-state index in [4.69, 9.17) is 9.47 Å². The molecule has 2 rings (SSSR count). The number of carbonyl (C=O) groups is 1. The van der Waals surface area contributed by atoms with Gasteiger partial charge in [0.15, 0.2) is 0 Å². The van der Waals surface area contributed by atoms with Crippen LogP contribution >= 0.6 is 0 Å². The van der Waals surface area contributed by atoms with Crippen molar-refractivity contribution >= 4 is 5.97 Å². The Labute approximate surface area is 114 Å². The van der Waals surface area contributed by atoms with Crippen LogP contribution in [0.3, 0.4) is 0 Å². The first-order chi connectivity index (χ1) is 9.08. The summed E-state index contributed by atoms with van der Waals surface area (Å²) in [4.78, 5) is 14.2. The monoisotopic (exact) mass is 263 g/mol. The Morgan fingerprint density at radius 3 is 2.63 bits per heavy atom. The van der Waals surface area contributed by atoms with E-state index in [1.165, 1.54) is 0 Å². The van der Waals surface area contributed by atoms with Crippen molar-refractivity contribution in [1.29, 1.82) is 0 Å². The lowest BCUT2D eigenvalue weighted by molar-refractivity contribution is -0.0955. The second-order valence-electron chi connectivity index (χ2n) is 5.22. The Morgan fingerprint density at radius 2 is 2.00 bits per heavy atom. The van der Waals surface area contributed by atoms with E-state index in [0.717, 1.165) is 6.42 Å². The number of ether oxygens (including phenoxy) is 2. The maximum atomic E-state index is 12.1. The summed E-state index contributed by atoms with van der Waals surface area (Å²) >= 11 is 0. The summed E-state index contributed by atoms with van der Waals surface area (Å²) in [6, 6.07) is 9.28. The quantitative estimate of drug-likeness (QED) is 0.781. The molecule has 0 aliphatic carbocycles. The van der Waals surface area contributed by atoms with Crippen molar-refractivity contribution in [2.24, 2.45) is 0 Å². The van der Waals surface area contributed by atoms with Gasteiger partial charge in [-0.05, 0) is 39.6 Å². The van der Waals surface area contributed by atoms with Gasteiger partial charge in [-0.1, -0.05) is 18.2 Å². The predicted octanol–water partition coefficient (Wildman–Crippen LogP) is 1.95. The number of likely N-dealkylation sites (N-methyl/N-ethyl adjacent to an activating group) is 1. The lowest BCUT2D eigenvalue weighted by Gasteiger charge is -2.38. The van der Waals surface area contributed by atoms with Crippen LogP contribution in [0, 0.1) is 0 Å². The van der Waals surface area contributed by atoms with Crippen molar-refractivity contribution in [1.82, 2.24) is 4.90 Å². The van der Waals surface area contributed by atoms with Crippen molar-refractivity contribution < 1.29 is 14.3 Å². The van der Waals surface area contributed by atoms with E-state index in [1.54, 1.807) is 12.1 Å². The van der Waals surface area contributed by atoms with Gasteiger partial charge in [0.1, 0.15) is 6.10 Å². The van der Waals surface area contributed by atoms with Gasteiger partial charge < -0.3 is 14.4 Å². The van der Waals surface area contributed by atoms with Crippen LogP contribution in [-0.2, 0) is 9.47 Å². The normalized spacial score (nSPS) is 27.3. The van der Waals surface area contributed by atoms with Crippen LogP contribution in [0.2, 0.25) is 0 Å². The van der Waals surface area contributed by atoms with Gasteiger partial charge in [-0.2, -0.15) is 0 Å². The van der Waals surface area contributed by atoms with Crippen molar-refractivity contribution in [3.8, 4) is 0 Å². The van der Waals surface area contributed by atoms with E-state index in [2.05, 4.69) is 4.90 Å². The topological polar surface area (TPSA) is 38.8 Å². The number of hydrogen-bond donors (Lipinski definition) is 0. The van der Waals surface area contributed by atoms with Crippen LogP contribution in [0.5, 0.6) is 0 Å². The molecule has 1 aliphatic rings. The highest BCUT2D eigenvalue weighted by Gasteiger charge is 2.33. The van der Waals surface area contributed by atoms with Crippen molar-refractivity contribution in [2.45, 2.75) is 31.6 Å². The van der Waals surface area contributed by atoms with Gasteiger partial charge in [-0.15, -0.1) is 0 Å². The second kappa shape index (κ2) is 6.17. The Bertz CT molecular complexity index is 419. The molecule has 104 valence electrons. The highest BCUT2D eigenvalue weighted by Crippen LogP contribution is 2.21. The average Bonchev–Trinajstić information content (AvgIpc) is 2.41. The number of carbonyl (C=O) groups excluding carboxylic acids is 1. The van der Waals surface area contributed by atoms with E-state index in [0.29, 0.717) is 12.2 Å². The third-order valence-electron chi connectivity index (χ3n) is 3.48. The fourth-order valence-corrected chi connectivity index (χ4v) is 2.37. The first kappa shape index (κ1) is 14.0. The molecule has 1 aromatic rings. The van der Waals surface area contributed by atoms with Crippen LogP contribution in [0.1, 0.15) is 23.7 Å². The van der Waals surface area contributed by atoms with Crippen LogP contribution in [-0.4, -0.2) is 49.8 Å². The lowest BCUT2D eigenvalue weighted by atomic mass is 10.0. The largest absolute Gasteiger partial charge is 0.455 e. The smallest absolute Gasteiger partial charge is 0.338 e. The van der Waals surface area contributed by atoms with Crippen molar-refractivity contribution in [3.05, 3.63) is 35.9 Å². The summed E-state index contributed by atoms with van der Waals surface area (Å²) in [6.45, 7) is 2.51. The van der Waals surface area contributed by atoms with Crippen LogP contribution < -0.4 is 0 Å². The van der Waals surface area contributed by atoms with Gasteiger partial charge in [0.05, 0.1) is 24.3 Å². The minimum atomic E-state index is -0.282. The van der Waals surface area contributed by atoms with Gasteiger partial charge in [-0.25, -0.2) is 4.79 Å². The van der Waals surface area contributed by atoms with Gasteiger partial charge in [0.2, 0.25) is 0 Å². The Morgan fingerprint density at radius 1 is 1.32 bits per heavy atom. The zero-order chi connectivity index (χ0) is 13.8. The van der Waals surface area contributed by atoms with Gasteiger partial charge >= 0.3 is 5.97 Å². The lowest BCUT2D eigenvalue weighted by Crippen LogP contribution is -2.50. The maximum absolute atomic E-state index is 12.1. The highest BCUT2D eigenvalue weighted by molar-refractivity contribution is 5.89. The molecular formula is C15H21NO3. The van der Waals surface area contributed by atoms with E-state index in [-0.39, 0.29) is 24.2 Å². The molecule has 3 unspecified atom stereocenters. The average molecular weight is 263 g/mol. The molecule has 0 radical (unpaired) electrons. The minimum absolute atomic E-state index is 0.205. The molecule has 0 spiro atoms. The number of nitrogens with zero attached hydrogens (tertiary/aromatic N) is 1. The number of hydrogen-bond acceptors (Lipinski definition) is 4. The van der Waals surface area contributed by atoms with Crippen LogP contribution in [0.25, 0.3) is 0 Å². The van der Waals surface area contributed by atoms with Gasteiger partial charge in [0.25, 0.3) is 0 Å². The van der Waals surface area contributed by atoms with Gasteiger partial charge in [0, 0.05) is 0 Å². The Hall–Kier alpha value is -1.39. The summed E-state index contributed by atoms with van der Waals surface area (Å²) in [5.41, 5.74) is 0.582. The molecule has 0 N–H and O–H groups in total. The van der Waals surface area contributed by atoms with E-state index in [1.807, 2.05) is 39.2 Å².